The first kappa shape index (κ1) is 19.9. The van der Waals surface area contributed by atoms with Crippen LogP contribution in [0.1, 0.15) is 36.9 Å². The molecule has 0 radical (unpaired) electrons. The van der Waals surface area contributed by atoms with Crippen molar-refractivity contribution in [2.45, 2.75) is 45.6 Å². The Morgan fingerprint density at radius 2 is 1.90 bits per heavy atom. The summed E-state index contributed by atoms with van der Waals surface area (Å²) in [7, 11) is 1.80. The fourth-order valence-electron chi connectivity index (χ4n) is 4.54. The second-order valence-electron chi connectivity index (χ2n) is 8.25. The Morgan fingerprint density at radius 3 is 2.62 bits per heavy atom. The Kier molecular flexibility index (Phi) is 5.59. The molecule has 0 aliphatic heterocycles. The summed E-state index contributed by atoms with van der Waals surface area (Å²) in [6, 6.07) is 9.49. The Balaban J connectivity index is 1.41. The third kappa shape index (κ3) is 4.15. The quantitative estimate of drug-likeness (QED) is 0.628. The third-order valence-electron chi connectivity index (χ3n) is 6.19. The van der Waals surface area contributed by atoms with Crippen LogP contribution in [0.2, 0.25) is 5.02 Å². The Hall–Kier alpha value is -2.40. The summed E-state index contributed by atoms with van der Waals surface area (Å²) in [5.41, 5.74) is 3.77. The number of fused-ring (bicyclic) bond motifs is 1. The highest BCUT2D eigenvalue weighted by Crippen LogP contribution is 2.32. The lowest BCUT2D eigenvalue weighted by atomic mass is 9.79. The van der Waals surface area contributed by atoms with Crippen LogP contribution in [0.4, 0.5) is 0 Å². The van der Waals surface area contributed by atoms with Crippen molar-refractivity contribution in [1.82, 2.24) is 14.1 Å². The number of ketones is 1. The summed E-state index contributed by atoms with van der Waals surface area (Å²) in [5, 5.41) is 0.637. The van der Waals surface area contributed by atoms with E-state index in [0.29, 0.717) is 29.7 Å². The van der Waals surface area contributed by atoms with Gasteiger partial charge in [-0.15, -0.1) is 0 Å². The SMILES string of the molecule is Cc1cc(CC(=O)C2CCC(Cn3c(=O)n(C)c4ccc(Cl)cc43)CC2)ccn1. The van der Waals surface area contributed by atoms with Crippen LogP contribution in [0.15, 0.2) is 41.3 Å². The van der Waals surface area contributed by atoms with Crippen molar-refractivity contribution in [3.8, 4) is 0 Å². The highest BCUT2D eigenvalue weighted by Gasteiger charge is 2.27. The van der Waals surface area contributed by atoms with Crippen molar-refractivity contribution < 1.29 is 4.79 Å². The van der Waals surface area contributed by atoms with E-state index in [-0.39, 0.29) is 11.6 Å². The molecule has 0 bridgehead atoms. The second kappa shape index (κ2) is 8.15. The maximum Gasteiger partial charge on any atom is 0.328 e. The number of Topliss-reactive ketones (excluding diaryl/α,β-unsaturated/α-hetero) is 1. The molecule has 1 saturated carbocycles. The zero-order chi connectivity index (χ0) is 20.5. The van der Waals surface area contributed by atoms with Gasteiger partial charge in [0.2, 0.25) is 0 Å². The summed E-state index contributed by atoms with van der Waals surface area (Å²) in [6.07, 6.45) is 5.98. The Bertz CT molecular complexity index is 1110. The first-order valence-corrected chi connectivity index (χ1v) is 10.6. The van der Waals surface area contributed by atoms with Crippen LogP contribution in [0.3, 0.4) is 0 Å². The molecule has 152 valence electrons. The minimum absolute atomic E-state index is 0.00600. The fourth-order valence-corrected chi connectivity index (χ4v) is 4.71. The molecule has 4 rings (SSSR count). The Morgan fingerprint density at radius 1 is 1.14 bits per heavy atom. The molecule has 1 aliphatic carbocycles. The van der Waals surface area contributed by atoms with Crippen LogP contribution in [0.25, 0.3) is 11.0 Å². The molecule has 3 aromatic rings. The van der Waals surface area contributed by atoms with Gasteiger partial charge in [-0.2, -0.15) is 0 Å². The van der Waals surface area contributed by atoms with E-state index in [1.807, 2.05) is 41.8 Å². The molecule has 2 aromatic heterocycles. The first-order valence-electron chi connectivity index (χ1n) is 10.2. The fraction of sp³-hybridized carbons (Fsp3) is 0.435. The lowest BCUT2D eigenvalue weighted by Gasteiger charge is -2.28. The average Bonchev–Trinajstić information content (AvgIpc) is 2.93. The topological polar surface area (TPSA) is 56.9 Å². The van der Waals surface area contributed by atoms with Crippen molar-refractivity contribution in [3.63, 3.8) is 0 Å². The number of rotatable bonds is 5. The van der Waals surface area contributed by atoms with E-state index in [9.17, 15) is 9.59 Å². The van der Waals surface area contributed by atoms with E-state index in [4.69, 9.17) is 11.6 Å². The Labute approximate surface area is 175 Å². The van der Waals surface area contributed by atoms with E-state index in [1.165, 1.54) is 0 Å². The molecule has 0 spiro atoms. The summed E-state index contributed by atoms with van der Waals surface area (Å²) in [4.78, 5) is 29.6. The molecular weight excluding hydrogens is 386 g/mol. The van der Waals surface area contributed by atoms with E-state index in [2.05, 4.69) is 4.98 Å². The third-order valence-corrected chi connectivity index (χ3v) is 6.42. The summed E-state index contributed by atoms with van der Waals surface area (Å²) in [6.45, 7) is 2.63. The summed E-state index contributed by atoms with van der Waals surface area (Å²) in [5.74, 6) is 0.853. The molecule has 5 nitrogen and oxygen atoms in total. The van der Waals surface area contributed by atoms with Crippen LogP contribution in [-0.2, 0) is 24.8 Å². The maximum atomic E-state index is 12.7. The maximum absolute atomic E-state index is 12.7. The first-order chi connectivity index (χ1) is 13.9. The average molecular weight is 412 g/mol. The van der Waals surface area contributed by atoms with Gasteiger partial charge in [-0.25, -0.2) is 4.79 Å². The smallest absolute Gasteiger partial charge is 0.299 e. The zero-order valence-corrected chi connectivity index (χ0v) is 17.7. The predicted octanol–water partition coefficient (Wildman–Crippen LogP) is 4.32. The minimum Gasteiger partial charge on any atom is -0.299 e. The van der Waals surface area contributed by atoms with E-state index in [1.54, 1.807) is 17.8 Å². The van der Waals surface area contributed by atoms with Gasteiger partial charge >= 0.3 is 5.69 Å². The molecule has 29 heavy (non-hydrogen) atoms. The summed E-state index contributed by atoms with van der Waals surface area (Å²) >= 11 is 6.16. The van der Waals surface area contributed by atoms with Gasteiger partial charge in [0, 0.05) is 42.8 Å². The molecule has 6 heteroatoms. The van der Waals surface area contributed by atoms with Crippen LogP contribution in [-0.4, -0.2) is 19.9 Å². The summed E-state index contributed by atoms with van der Waals surface area (Å²) < 4.78 is 3.52. The van der Waals surface area contributed by atoms with Gasteiger partial charge in [0.15, 0.2) is 0 Å². The molecule has 0 unspecified atom stereocenters. The molecule has 0 amide bonds. The van der Waals surface area contributed by atoms with Gasteiger partial charge in [-0.3, -0.25) is 18.9 Å². The van der Waals surface area contributed by atoms with E-state index >= 15 is 0 Å². The van der Waals surface area contributed by atoms with Gasteiger partial charge in [0.05, 0.1) is 11.0 Å². The normalized spacial score (nSPS) is 19.6. The number of benzene rings is 1. The lowest BCUT2D eigenvalue weighted by Crippen LogP contribution is -2.29. The van der Waals surface area contributed by atoms with Crippen molar-refractivity contribution in [2.24, 2.45) is 18.9 Å². The number of aryl methyl sites for hydroxylation is 2. The number of carbonyl (C=O) groups excluding carboxylic acids is 1. The second-order valence-corrected chi connectivity index (χ2v) is 8.69. The van der Waals surface area contributed by atoms with E-state index in [0.717, 1.165) is 48.0 Å². The molecule has 1 fully saturated rings. The monoisotopic (exact) mass is 411 g/mol. The number of imidazole rings is 1. The van der Waals surface area contributed by atoms with Gasteiger partial charge in [-0.1, -0.05) is 11.6 Å². The van der Waals surface area contributed by atoms with Gasteiger partial charge in [0.25, 0.3) is 0 Å². The van der Waals surface area contributed by atoms with Gasteiger partial charge < -0.3 is 0 Å². The van der Waals surface area contributed by atoms with Crippen molar-refractivity contribution in [2.75, 3.05) is 0 Å². The molecule has 0 N–H and O–H groups in total. The highest BCUT2D eigenvalue weighted by atomic mass is 35.5. The highest BCUT2D eigenvalue weighted by molar-refractivity contribution is 6.31. The van der Waals surface area contributed by atoms with Gasteiger partial charge in [-0.05, 0) is 74.4 Å². The molecule has 0 atom stereocenters. The van der Waals surface area contributed by atoms with Gasteiger partial charge in [0.1, 0.15) is 5.78 Å². The molecule has 0 saturated heterocycles. The largest absolute Gasteiger partial charge is 0.328 e. The van der Waals surface area contributed by atoms with Crippen LogP contribution in [0, 0.1) is 18.8 Å². The number of pyridine rings is 1. The standard InChI is InChI=1S/C23H26ClN3O2/c1-15-11-17(9-10-25-15)12-22(28)18-5-3-16(4-6-18)14-27-21-13-19(24)7-8-20(21)26(2)23(27)29/h7-11,13,16,18H,3-6,12,14H2,1-2H3. The molecule has 2 heterocycles. The number of nitrogens with zero attached hydrogens (tertiary/aromatic N) is 3. The van der Waals surface area contributed by atoms with Crippen LogP contribution < -0.4 is 5.69 Å². The number of carbonyl (C=O) groups is 1. The molecular formula is C23H26ClN3O2. The van der Waals surface area contributed by atoms with Crippen molar-refractivity contribution in [3.05, 3.63) is 63.3 Å². The van der Waals surface area contributed by atoms with Crippen molar-refractivity contribution in [1.29, 1.82) is 0 Å². The van der Waals surface area contributed by atoms with Crippen molar-refractivity contribution >= 4 is 28.4 Å². The molecule has 1 aliphatic rings. The van der Waals surface area contributed by atoms with Crippen LogP contribution in [0.5, 0.6) is 0 Å². The zero-order valence-electron chi connectivity index (χ0n) is 16.9. The predicted molar refractivity (Wildman–Crippen MR) is 115 cm³/mol. The lowest BCUT2D eigenvalue weighted by molar-refractivity contribution is -0.123. The number of aromatic nitrogens is 3. The minimum atomic E-state index is -0.00600. The number of halogens is 1. The van der Waals surface area contributed by atoms with E-state index < -0.39 is 0 Å². The van der Waals surface area contributed by atoms with Crippen LogP contribution >= 0.6 is 11.6 Å². The number of hydrogen-bond donors (Lipinski definition) is 0. The number of hydrogen-bond acceptors (Lipinski definition) is 3. The molecule has 1 aromatic carbocycles.